The van der Waals surface area contributed by atoms with Gasteiger partial charge in [-0.3, -0.25) is 4.79 Å². The van der Waals surface area contributed by atoms with Gasteiger partial charge in [-0.1, -0.05) is 29.5 Å². The highest BCUT2D eigenvalue weighted by Crippen LogP contribution is 2.28. The number of aryl methyl sites for hydroxylation is 2. The number of thiazole rings is 1. The molecule has 0 aliphatic carbocycles. The molecule has 0 saturated heterocycles. The first-order valence-electron chi connectivity index (χ1n) is 7.72. The van der Waals surface area contributed by atoms with Crippen LogP contribution in [0.4, 0.5) is 10.1 Å². The van der Waals surface area contributed by atoms with Crippen LogP contribution in [0.15, 0.2) is 52.2 Å². The lowest BCUT2D eigenvalue weighted by molar-refractivity contribution is -0.113. The van der Waals surface area contributed by atoms with E-state index in [0.29, 0.717) is 5.75 Å². The number of thioether (sulfide) groups is 1. The van der Waals surface area contributed by atoms with Crippen molar-refractivity contribution in [2.75, 3.05) is 11.1 Å². The summed E-state index contributed by atoms with van der Waals surface area (Å²) in [6.07, 6.45) is 0. The molecule has 0 aliphatic heterocycles. The van der Waals surface area contributed by atoms with Crippen molar-refractivity contribution in [3.05, 3.63) is 64.8 Å². The number of carbonyl (C=O) groups excluding carboxylic acids is 1. The Hall–Kier alpha value is -2.18. The molecule has 0 unspecified atom stereocenters. The van der Waals surface area contributed by atoms with Gasteiger partial charge in [0.05, 0.1) is 11.4 Å². The fourth-order valence-electron chi connectivity index (χ4n) is 2.34. The van der Waals surface area contributed by atoms with Crippen molar-refractivity contribution in [2.45, 2.75) is 18.2 Å². The Morgan fingerprint density at radius 3 is 2.68 bits per heavy atom. The van der Waals surface area contributed by atoms with Crippen molar-refractivity contribution < 1.29 is 9.18 Å². The molecule has 1 N–H and O–H groups in total. The number of carbonyl (C=O) groups is 1. The third-order valence-electron chi connectivity index (χ3n) is 3.61. The van der Waals surface area contributed by atoms with Crippen LogP contribution in [-0.2, 0) is 4.79 Å². The van der Waals surface area contributed by atoms with E-state index in [0.717, 1.165) is 26.8 Å². The Kier molecular flexibility index (Phi) is 5.50. The van der Waals surface area contributed by atoms with E-state index in [1.165, 1.54) is 40.8 Å². The van der Waals surface area contributed by atoms with Gasteiger partial charge in [0.1, 0.15) is 5.82 Å². The minimum absolute atomic E-state index is 0.0597. The molecule has 3 aromatic rings. The molecule has 1 aromatic heterocycles. The van der Waals surface area contributed by atoms with Crippen molar-refractivity contribution in [2.24, 2.45) is 0 Å². The Morgan fingerprint density at radius 2 is 1.96 bits per heavy atom. The van der Waals surface area contributed by atoms with Gasteiger partial charge in [-0.05, 0) is 49.7 Å². The predicted octanol–water partition coefficient (Wildman–Crippen LogP) is 5.30. The number of nitrogens with zero attached hydrogens (tertiary/aromatic N) is 1. The van der Waals surface area contributed by atoms with E-state index >= 15 is 0 Å². The largest absolute Gasteiger partial charge is 0.325 e. The summed E-state index contributed by atoms with van der Waals surface area (Å²) in [6, 6.07) is 12.2. The van der Waals surface area contributed by atoms with Gasteiger partial charge in [0.2, 0.25) is 5.91 Å². The summed E-state index contributed by atoms with van der Waals surface area (Å²) in [5.41, 5.74) is 4.71. The molecule has 2 aromatic carbocycles. The van der Waals surface area contributed by atoms with E-state index in [4.69, 9.17) is 0 Å². The number of benzene rings is 2. The second-order valence-electron chi connectivity index (χ2n) is 5.66. The van der Waals surface area contributed by atoms with Gasteiger partial charge < -0.3 is 5.32 Å². The Labute approximate surface area is 154 Å². The van der Waals surface area contributed by atoms with E-state index in [2.05, 4.69) is 10.3 Å². The van der Waals surface area contributed by atoms with Crippen molar-refractivity contribution in [3.63, 3.8) is 0 Å². The zero-order valence-corrected chi connectivity index (χ0v) is 15.5. The third kappa shape index (κ3) is 4.67. The maximum atomic E-state index is 13.0. The lowest BCUT2D eigenvalue weighted by atomic mass is 10.1. The number of rotatable bonds is 5. The molecule has 0 aliphatic rings. The highest BCUT2D eigenvalue weighted by Gasteiger charge is 2.09. The van der Waals surface area contributed by atoms with Gasteiger partial charge in [-0.2, -0.15) is 0 Å². The van der Waals surface area contributed by atoms with Crippen molar-refractivity contribution in [1.82, 2.24) is 4.98 Å². The summed E-state index contributed by atoms with van der Waals surface area (Å²) < 4.78 is 13.8. The van der Waals surface area contributed by atoms with Gasteiger partial charge in [-0.15, -0.1) is 11.3 Å². The molecule has 3 rings (SSSR count). The first kappa shape index (κ1) is 17.6. The molecule has 25 heavy (non-hydrogen) atoms. The zero-order valence-electron chi connectivity index (χ0n) is 13.9. The van der Waals surface area contributed by atoms with Crippen LogP contribution in [0.25, 0.3) is 11.3 Å². The highest BCUT2D eigenvalue weighted by atomic mass is 32.2. The van der Waals surface area contributed by atoms with Crippen LogP contribution in [0.2, 0.25) is 0 Å². The summed E-state index contributed by atoms with van der Waals surface area (Å²) in [6.45, 7) is 4.00. The molecule has 128 valence electrons. The van der Waals surface area contributed by atoms with E-state index < -0.39 is 0 Å². The average Bonchev–Trinajstić information content (AvgIpc) is 3.05. The van der Waals surface area contributed by atoms with Gasteiger partial charge in [-0.25, -0.2) is 9.37 Å². The van der Waals surface area contributed by atoms with Crippen molar-refractivity contribution in [1.29, 1.82) is 0 Å². The number of nitrogens with one attached hydrogen (secondary N) is 1. The fourth-order valence-corrected chi connectivity index (χ4v) is 3.98. The quantitative estimate of drug-likeness (QED) is 0.618. The number of hydrogen-bond acceptors (Lipinski definition) is 4. The molecule has 0 bridgehead atoms. The first-order valence-corrected chi connectivity index (χ1v) is 9.59. The van der Waals surface area contributed by atoms with E-state index in [-0.39, 0.29) is 11.7 Å². The standard InChI is InChI=1S/C19H17FN2OS2/c1-12-3-8-16(13(2)9-12)21-18(23)11-25-19-22-17(10-24-19)14-4-6-15(20)7-5-14/h3-10H,11H2,1-2H3,(H,21,23). The summed E-state index contributed by atoms with van der Waals surface area (Å²) in [5, 5.41) is 4.84. The normalized spacial score (nSPS) is 10.7. The molecule has 0 radical (unpaired) electrons. The highest BCUT2D eigenvalue weighted by molar-refractivity contribution is 8.01. The lowest BCUT2D eigenvalue weighted by Crippen LogP contribution is -2.14. The van der Waals surface area contributed by atoms with Gasteiger partial charge in [0.25, 0.3) is 0 Å². The van der Waals surface area contributed by atoms with Crippen LogP contribution in [0, 0.1) is 19.7 Å². The van der Waals surface area contributed by atoms with E-state index in [1.807, 2.05) is 37.4 Å². The second kappa shape index (κ2) is 7.80. The predicted molar refractivity (Wildman–Crippen MR) is 103 cm³/mol. The zero-order chi connectivity index (χ0) is 17.8. The molecule has 0 spiro atoms. The maximum Gasteiger partial charge on any atom is 0.234 e. The number of hydrogen-bond donors (Lipinski definition) is 1. The van der Waals surface area contributed by atoms with E-state index in [9.17, 15) is 9.18 Å². The van der Waals surface area contributed by atoms with Crippen LogP contribution in [0.5, 0.6) is 0 Å². The molecular weight excluding hydrogens is 355 g/mol. The maximum absolute atomic E-state index is 13.0. The fraction of sp³-hybridized carbons (Fsp3) is 0.158. The monoisotopic (exact) mass is 372 g/mol. The van der Waals surface area contributed by atoms with Crippen LogP contribution in [0.1, 0.15) is 11.1 Å². The summed E-state index contributed by atoms with van der Waals surface area (Å²) in [5.74, 6) is -0.0314. The SMILES string of the molecule is Cc1ccc(NC(=O)CSc2nc(-c3ccc(F)cc3)cs2)c(C)c1. The summed E-state index contributed by atoms with van der Waals surface area (Å²) in [4.78, 5) is 16.6. The molecule has 0 atom stereocenters. The third-order valence-corrected chi connectivity index (χ3v) is 5.63. The Morgan fingerprint density at radius 1 is 1.20 bits per heavy atom. The molecule has 1 heterocycles. The topological polar surface area (TPSA) is 42.0 Å². The number of amides is 1. The Bertz CT molecular complexity index is 891. The van der Waals surface area contributed by atoms with Crippen LogP contribution in [0.3, 0.4) is 0 Å². The van der Waals surface area contributed by atoms with Crippen molar-refractivity contribution in [3.8, 4) is 11.3 Å². The number of aromatic nitrogens is 1. The number of anilines is 1. The Balaban J connectivity index is 1.58. The average molecular weight is 372 g/mol. The second-order valence-corrected chi connectivity index (χ2v) is 7.74. The molecule has 0 saturated carbocycles. The van der Waals surface area contributed by atoms with Crippen LogP contribution >= 0.6 is 23.1 Å². The molecule has 6 heteroatoms. The number of halogens is 1. The van der Waals surface area contributed by atoms with Gasteiger partial charge in [0.15, 0.2) is 4.34 Å². The van der Waals surface area contributed by atoms with Gasteiger partial charge in [0, 0.05) is 16.6 Å². The smallest absolute Gasteiger partial charge is 0.234 e. The van der Waals surface area contributed by atoms with Crippen molar-refractivity contribution >= 4 is 34.7 Å². The molecule has 0 fully saturated rings. The lowest BCUT2D eigenvalue weighted by Gasteiger charge is -2.08. The minimum Gasteiger partial charge on any atom is -0.325 e. The molecular formula is C19H17FN2OS2. The minimum atomic E-state index is -0.267. The molecule has 1 amide bonds. The first-order chi connectivity index (χ1) is 12.0. The summed E-state index contributed by atoms with van der Waals surface area (Å²) >= 11 is 2.88. The van der Waals surface area contributed by atoms with E-state index in [1.54, 1.807) is 12.1 Å². The van der Waals surface area contributed by atoms with Gasteiger partial charge >= 0.3 is 0 Å². The summed E-state index contributed by atoms with van der Waals surface area (Å²) in [7, 11) is 0. The van der Waals surface area contributed by atoms with Crippen LogP contribution in [-0.4, -0.2) is 16.6 Å². The molecule has 3 nitrogen and oxygen atoms in total. The van der Waals surface area contributed by atoms with Crippen LogP contribution < -0.4 is 5.32 Å².